The summed E-state index contributed by atoms with van der Waals surface area (Å²) in [7, 11) is 0. The summed E-state index contributed by atoms with van der Waals surface area (Å²) in [5.41, 5.74) is 0.649. The Kier molecular flexibility index (Phi) is 4.46. The molecule has 1 heterocycles. The van der Waals surface area contributed by atoms with Gasteiger partial charge in [-0.2, -0.15) is 15.0 Å². The van der Waals surface area contributed by atoms with Gasteiger partial charge in [0.15, 0.2) is 0 Å². The maximum atomic E-state index is 11.5. The first-order valence-corrected chi connectivity index (χ1v) is 5.46. The molecule has 0 radical (unpaired) electrons. The third-order valence-electron chi connectivity index (χ3n) is 1.97. The Morgan fingerprint density at radius 2 is 1.26 bits per heavy atom. The maximum Gasteiger partial charge on any atom is 0.253 e. The topological polar surface area (TPSA) is 96.9 Å². The van der Waals surface area contributed by atoms with Crippen molar-refractivity contribution in [3.63, 3.8) is 0 Å². The van der Waals surface area contributed by atoms with Crippen LogP contribution in [0.15, 0.2) is 24.3 Å². The number of hydrogen-bond acceptors (Lipinski definition) is 5. The highest BCUT2D eigenvalue weighted by molar-refractivity contribution is 6.03. The third-order valence-corrected chi connectivity index (χ3v) is 1.97. The Hall–Kier alpha value is -2.57. The second kappa shape index (κ2) is 5.85. The molecule has 0 unspecified atom stereocenters. The zero-order chi connectivity index (χ0) is 14.6. The Morgan fingerprint density at radius 3 is 1.58 bits per heavy atom. The fourth-order valence-corrected chi connectivity index (χ4v) is 1.01. The van der Waals surface area contributed by atoms with Gasteiger partial charge in [0.25, 0.3) is 11.8 Å². The standard InChI is InChI=1S/C12H15N5O2/c1-6(2)9(18)15-11-13-8(5)14-12(17-11)16-10(19)7(3)4/h1,3H2,2,4-5H3,(H2,13,14,15,16,17,18,19). The van der Waals surface area contributed by atoms with Gasteiger partial charge in [0.1, 0.15) is 5.82 Å². The molecule has 2 amide bonds. The Balaban J connectivity index is 2.94. The van der Waals surface area contributed by atoms with E-state index in [9.17, 15) is 9.59 Å². The van der Waals surface area contributed by atoms with E-state index in [1.807, 2.05) is 0 Å². The quantitative estimate of drug-likeness (QED) is 0.794. The van der Waals surface area contributed by atoms with Crippen molar-refractivity contribution in [3.8, 4) is 0 Å². The van der Waals surface area contributed by atoms with E-state index in [0.29, 0.717) is 17.0 Å². The van der Waals surface area contributed by atoms with Crippen LogP contribution in [0.2, 0.25) is 0 Å². The Morgan fingerprint density at radius 1 is 0.895 bits per heavy atom. The summed E-state index contributed by atoms with van der Waals surface area (Å²) < 4.78 is 0. The summed E-state index contributed by atoms with van der Waals surface area (Å²) in [6, 6.07) is 0. The number of amides is 2. The zero-order valence-corrected chi connectivity index (χ0v) is 11.1. The molecule has 1 aromatic heterocycles. The minimum atomic E-state index is -0.400. The van der Waals surface area contributed by atoms with E-state index in [1.165, 1.54) is 0 Å². The number of aromatic nitrogens is 3. The SMILES string of the molecule is C=C(C)C(=O)Nc1nc(C)nc(NC(=O)C(=C)C)n1. The average Bonchev–Trinajstić information content (AvgIpc) is 2.27. The van der Waals surface area contributed by atoms with Gasteiger partial charge in [0.05, 0.1) is 0 Å². The van der Waals surface area contributed by atoms with Crippen LogP contribution >= 0.6 is 0 Å². The molecule has 0 saturated carbocycles. The van der Waals surface area contributed by atoms with Crippen molar-refractivity contribution in [1.82, 2.24) is 15.0 Å². The number of nitrogens with one attached hydrogen (secondary N) is 2. The van der Waals surface area contributed by atoms with Gasteiger partial charge < -0.3 is 0 Å². The van der Waals surface area contributed by atoms with Crippen LogP contribution in [0.3, 0.4) is 0 Å². The van der Waals surface area contributed by atoms with Crippen LogP contribution in [0.25, 0.3) is 0 Å². The van der Waals surface area contributed by atoms with Crippen molar-refractivity contribution < 1.29 is 9.59 Å². The van der Waals surface area contributed by atoms with Gasteiger partial charge in [-0.3, -0.25) is 20.2 Å². The first-order valence-electron chi connectivity index (χ1n) is 5.46. The average molecular weight is 261 g/mol. The lowest BCUT2D eigenvalue weighted by atomic mass is 10.3. The predicted octanol–water partition coefficient (Wildman–Crippen LogP) is 1.21. The number of anilines is 2. The van der Waals surface area contributed by atoms with Crippen molar-refractivity contribution in [3.05, 3.63) is 30.1 Å². The van der Waals surface area contributed by atoms with E-state index in [0.717, 1.165) is 0 Å². The molecule has 2 N–H and O–H groups in total. The van der Waals surface area contributed by atoms with E-state index in [-0.39, 0.29) is 11.9 Å². The van der Waals surface area contributed by atoms with Gasteiger partial charge in [-0.1, -0.05) is 13.2 Å². The number of carbonyl (C=O) groups excluding carboxylic acids is 2. The lowest BCUT2D eigenvalue weighted by Crippen LogP contribution is -2.19. The van der Waals surface area contributed by atoms with E-state index < -0.39 is 11.8 Å². The van der Waals surface area contributed by atoms with Gasteiger partial charge in [-0.25, -0.2) is 0 Å². The number of rotatable bonds is 4. The molecule has 7 nitrogen and oxygen atoms in total. The summed E-state index contributed by atoms with van der Waals surface area (Å²) in [6.07, 6.45) is 0. The molecule has 19 heavy (non-hydrogen) atoms. The molecule has 0 atom stereocenters. The maximum absolute atomic E-state index is 11.5. The van der Waals surface area contributed by atoms with Crippen molar-refractivity contribution >= 4 is 23.7 Å². The second-order valence-electron chi connectivity index (χ2n) is 4.00. The fraction of sp³-hybridized carbons (Fsp3) is 0.250. The molecule has 1 aromatic rings. The molecule has 0 aromatic carbocycles. The molecular weight excluding hydrogens is 246 g/mol. The molecule has 0 aliphatic rings. The van der Waals surface area contributed by atoms with E-state index >= 15 is 0 Å². The monoisotopic (exact) mass is 261 g/mol. The lowest BCUT2D eigenvalue weighted by molar-refractivity contribution is -0.113. The molecule has 0 saturated heterocycles. The van der Waals surface area contributed by atoms with E-state index in [2.05, 4.69) is 38.7 Å². The number of carbonyl (C=O) groups is 2. The first kappa shape index (κ1) is 14.5. The number of aryl methyl sites for hydroxylation is 1. The van der Waals surface area contributed by atoms with Crippen molar-refractivity contribution in [2.24, 2.45) is 0 Å². The van der Waals surface area contributed by atoms with E-state index in [4.69, 9.17) is 0 Å². The highest BCUT2D eigenvalue weighted by atomic mass is 16.2. The molecule has 0 aliphatic carbocycles. The molecule has 7 heteroatoms. The summed E-state index contributed by atoms with van der Waals surface area (Å²) in [5, 5.41) is 4.90. The van der Waals surface area contributed by atoms with Crippen molar-refractivity contribution in [1.29, 1.82) is 0 Å². The smallest absolute Gasteiger partial charge is 0.253 e. The van der Waals surface area contributed by atoms with Crippen LogP contribution < -0.4 is 10.6 Å². The molecule has 0 spiro atoms. The van der Waals surface area contributed by atoms with Gasteiger partial charge in [0.2, 0.25) is 11.9 Å². The molecule has 1 rings (SSSR count). The lowest BCUT2D eigenvalue weighted by Gasteiger charge is -2.07. The van der Waals surface area contributed by atoms with Crippen molar-refractivity contribution in [2.75, 3.05) is 10.6 Å². The van der Waals surface area contributed by atoms with Crippen LogP contribution in [0, 0.1) is 6.92 Å². The Labute approximate surface area is 110 Å². The summed E-state index contributed by atoms with van der Waals surface area (Å²) >= 11 is 0. The van der Waals surface area contributed by atoms with E-state index in [1.54, 1.807) is 20.8 Å². The normalized spacial score (nSPS) is 9.63. The van der Waals surface area contributed by atoms with Crippen LogP contribution in [0.1, 0.15) is 19.7 Å². The van der Waals surface area contributed by atoms with Gasteiger partial charge in [0, 0.05) is 11.1 Å². The molecule has 0 aliphatic heterocycles. The Bertz CT molecular complexity index is 519. The summed E-state index contributed by atoms with van der Waals surface area (Å²) in [4.78, 5) is 34.7. The largest absolute Gasteiger partial charge is 0.291 e. The number of nitrogens with zero attached hydrogens (tertiary/aromatic N) is 3. The highest BCUT2D eigenvalue weighted by Crippen LogP contribution is 2.07. The van der Waals surface area contributed by atoms with Gasteiger partial charge in [-0.05, 0) is 20.8 Å². The molecule has 0 bridgehead atoms. The second-order valence-corrected chi connectivity index (χ2v) is 4.00. The van der Waals surface area contributed by atoms with Crippen molar-refractivity contribution in [2.45, 2.75) is 20.8 Å². The van der Waals surface area contributed by atoms with Crippen LogP contribution in [0.5, 0.6) is 0 Å². The van der Waals surface area contributed by atoms with Crippen LogP contribution in [0.4, 0.5) is 11.9 Å². The van der Waals surface area contributed by atoms with Crippen LogP contribution in [-0.4, -0.2) is 26.8 Å². The zero-order valence-electron chi connectivity index (χ0n) is 11.1. The van der Waals surface area contributed by atoms with Crippen LogP contribution in [-0.2, 0) is 9.59 Å². The number of hydrogen-bond donors (Lipinski definition) is 2. The minimum Gasteiger partial charge on any atom is -0.291 e. The molecule has 100 valence electrons. The summed E-state index contributed by atoms with van der Waals surface area (Å²) in [6.45, 7) is 11.8. The fourth-order valence-electron chi connectivity index (χ4n) is 1.01. The molecular formula is C12H15N5O2. The third kappa shape index (κ3) is 4.30. The van der Waals surface area contributed by atoms with Gasteiger partial charge in [-0.15, -0.1) is 0 Å². The predicted molar refractivity (Wildman–Crippen MR) is 71.5 cm³/mol. The highest BCUT2D eigenvalue weighted by Gasteiger charge is 2.10. The molecule has 0 fully saturated rings. The van der Waals surface area contributed by atoms with Gasteiger partial charge >= 0.3 is 0 Å². The first-order chi connectivity index (χ1) is 8.79. The minimum absolute atomic E-state index is 0.0533. The summed E-state index contributed by atoms with van der Waals surface area (Å²) in [5.74, 6) is -0.329.